The minimum atomic E-state index is 0.620. The van der Waals surface area contributed by atoms with Crippen molar-refractivity contribution >= 4 is 6.21 Å². The largest absolute Gasteiger partial charge is 0.411 e. The van der Waals surface area contributed by atoms with Crippen LogP contribution in [0.4, 0.5) is 0 Å². The molecule has 1 heterocycles. The first-order chi connectivity index (χ1) is 7.27. The van der Waals surface area contributed by atoms with E-state index in [0.717, 1.165) is 25.8 Å². The number of oxime groups is 1. The molecule has 0 radical (unpaired) electrons. The Labute approximate surface area is 89.0 Å². The summed E-state index contributed by atoms with van der Waals surface area (Å²) in [5, 5.41) is 15.5. The molecule has 0 bridgehead atoms. The molecular formula is C10H15N4O+. The van der Waals surface area contributed by atoms with Crippen LogP contribution in [0.1, 0.15) is 25.1 Å². The summed E-state index contributed by atoms with van der Waals surface area (Å²) < 4.78 is 3.61. The number of aromatic nitrogens is 3. The van der Waals surface area contributed by atoms with E-state index in [2.05, 4.69) is 16.2 Å². The van der Waals surface area contributed by atoms with E-state index in [1.54, 1.807) is 4.57 Å². The number of unbranched alkanes of at least 4 members (excludes halogenated alkanes) is 2. The number of nitrogens with zero attached hydrogens (tertiary/aromatic N) is 4. The van der Waals surface area contributed by atoms with Crippen molar-refractivity contribution in [3.8, 4) is 12.3 Å². The second kappa shape index (κ2) is 5.81. The second-order valence-electron chi connectivity index (χ2n) is 3.25. The summed E-state index contributed by atoms with van der Waals surface area (Å²) >= 11 is 0. The normalized spacial score (nSPS) is 10.7. The van der Waals surface area contributed by atoms with Crippen molar-refractivity contribution in [2.24, 2.45) is 12.2 Å². The van der Waals surface area contributed by atoms with Gasteiger partial charge in [0, 0.05) is 11.5 Å². The molecule has 0 unspecified atom stereocenters. The highest BCUT2D eigenvalue weighted by Crippen LogP contribution is 1.96. The Morgan fingerprint density at radius 1 is 1.73 bits per heavy atom. The molecule has 0 aliphatic carbocycles. The van der Waals surface area contributed by atoms with E-state index < -0.39 is 0 Å². The molecule has 15 heavy (non-hydrogen) atoms. The van der Waals surface area contributed by atoms with E-state index in [0.29, 0.717) is 5.82 Å². The summed E-state index contributed by atoms with van der Waals surface area (Å²) in [6, 6.07) is 0. The molecule has 5 nitrogen and oxygen atoms in total. The second-order valence-corrected chi connectivity index (χ2v) is 3.25. The SMILES string of the molecule is C#CCCCCn1c[n+](C)c(/C=N/O)n1. The number of aryl methyl sites for hydroxylation is 2. The summed E-state index contributed by atoms with van der Waals surface area (Å²) in [6.07, 6.45) is 11.1. The maximum Gasteiger partial charge on any atom is 0.323 e. The van der Waals surface area contributed by atoms with Crippen LogP contribution in [0.3, 0.4) is 0 Å². The fraction of sp³-hybridized carbons (Fsp3) is 0.500. The average Bonchev–Trinajstić information content (AvgIpc) is 2.55. The lowest BCUT2D eigenvalue weighted by molar-refractivity contribution is -0.673. The van der Waals surface area contributed by atoms with Crippen LogP contribution in [0.25, 0.3) is 0 Å². The maximum absolute atomic E-state index is 8.38. The lowest BCUT2D eigenvalue weighted by Crippen LogP contribution is -2.30. The molecule has 0 aliphatic rings. The van der Waals surface area contributed by atoms with Gasteiger partial charge in [-0.3, -0.25) is 0 Å². The molecule has 1 rings (SSSR count). The van der Waals surface area contributed by atoms with Gasteiger partial charge >= 0.3 is 5.82 Å². The highest BCUT2D eigenvalue weighted by atomic mass is 16.4. The number of rotatable bonds is 5. The van der Waals surface area contributed by atoms with Gasteiger partial charge in [0.25, 0.3) is 0 Å². The minimum Gasteiger partial charge on any atom is -0.411 e. The third-order valence-corrected chi connectivity index (χ3v) is 2.03. The van der Waals surface area contributed by atoms with Gasteiger partial charge in [-0.2, -0.15) is 0 Å². The van der Waals surface area contributed by atoms with Crippen LogP contribution in [0.5, 0.6) is 0 Å². The molecule has 5 heteroatoms. The van der Waals surface area contributed by atoms with Gasteiger partial charge in [-0.1, -0.05) is 5.16 Å². The van der Waals surface area contributed by atoms with Gasteiger partial charge in [0.05, 0.1) is 7.05 Å². The Kier molecular flexibility index (Phi) is 4.35. The predicted molar refractivity (Wildman–Crippen MR) is 55.5 cm³/mol. The molecule has 1 aromatic heterocycles. The molecule has 0 aromatic carbocycles. The molecule has 0 atom stereocenters. The van der Waals surface area contributed by atoms with Gasteiger partial charge in [-0.25, -0.2) is 4.57 Å². The van der Waals surface area contributed by atoms with Crippen LogP contribution >= 0.6 is 0 Å². The van der Waals surface area contributed by atoms with Gasteiger partial charge in [0.2, 0.25) is 6.33 Å². The average molecular weight is 207 g/mol. The van der Waals surface area contributed by atoms with Crippen LogP contribution < -0.4 is 4.57 Å². The summed E-state index contributed by atoms with van der Waals surface area (Å²) in [6.45, 7) is 0.828. The summed E-state index contributed by atoms with van der Waals surface area (Å²) in [5.74, 6) is 3.22. The molecule has 0 spiro atoms. The van der Waals surface area contributed by atoms with Gasteiger partial charge in [0.1, 0.15) is 12.8 Å². The fourth-order valence-corrected chi connectivity index (χ4v) is 1.26. The fourth-order valence-electron chi connectivity index (χ4n) is 1.26. The molecule has 0 fully saturated rings. The molecule has 1 aromatic rings. The van der Waals surface area contributed by atoms with E-state index in [-0.39, 0.29) is 0 Å². The number of hydrogen-bond donors (Lipinski definition) is 1. The zero-order valence-corrected chi connectivity index (χ0v) is 8.80. The maximum atomic E-state index is 8.38. The van der Waals surface area contributed by atoms with E-state index >= 15 is 0 Å². The molecule has 0 aliphatic heterocycles. The minimum absolute atomic E-state index is 0.620. The van der Waals surface area contributed by atoms with Crippen LogP contribution in [0.2, 0.25) is 0 Å². The molecule has 0 saturated carbocycles. The Balaban J connectivity index is 2.49. The lowest BCUT2D eigenvalue weighted by atomic mass is 10.2. The van der Waals surface area contributed by atoms with Crippen LogP contribution in [-0.2, 0) is 13.6 Å². The van der Waals surface area contributed by atoms with Crippen molar-refractivity contribution in [2.75, 3.05) is 0 Å². The smallest absolute Gasteiger partial charge is 0.323 e. The number of hydrogen-bond acceptors (Lipinski definition) is 3. The van der Waals surface area contributed by atoms with Gasteiger partial charge < -0.3 is 5.21 Å². The lowest BCUT2D eigenvalue weighted by Gasteiger charge is -1.90. The summed E-state index contributed by atoms with van der Waals surface area (Å²) in [5.41, 5.74) is 0. The Hall–Kier alpha value is -1.83. The third-order valence-electron chi connectivity index (χ3n) is 2.03. The Morgan fingerprint density at radius 3 is 3.20 bits per heavy atom. The zero-order valence-electron chi connectivity index (χ0n) is 8.80. The molecule has 1 N–H and O–H groups in total. The van der Waals surface area contributed by atoms with E-state index in [9.17, 15) is 0 Å². The van der Waals surface area contributed by atoms with Crippen molar-refractivity contribution in [1.29, 1.82) is 0 Å². The van der Waals surface area contributed by atoms with Crippen molar-refractivity contribution < 1.29 is 9.77 Å². The topological polar surface area (TPSA) is 54.3 Å². The van der Waals surface area contributed by atoms with E-state index in [4.69, 9.17) is 11.6 Å². The van der Waals surface area contributed by atoms with E-state index in [1.807, 2.05) is 18.1 Å². The number of terminal acetylenes is 1. The van der Waals surface area contributed by atoms with E-state index in [1.165, 1.54) is 6.21 Å². The van der Waals surface area contributed by atoms with Crippen LogP contribution in [-0.4, -0.2) is 21.2 Å². The van der Waals surface area contributed by atoms with Crippen molar-refractivity contribution in [2.45, 2.75) is 25.8 Å². The summed E-state index contributed by atoms with van der Waals surface area (Å²) in [7, 11) is 1.85. The standard InChI is InChI=1S/C10H14N4O/c1-3-4-5-6-7-14-9-13(2)10(12-14)8-11-15/h1,8-9H,4-7H2,2H3/p+1/b11-8+. The molecule has 0 saturated heterocycles. The van der Waals surface area contributed by atoms with Crippen molar-refractivity contribution in [1.82, 2.24) is 9.78 Å². The van der Waals surface area contributed by atoms with Gasteiger partial charge in [0.15, 0.2) is 0 Å². The quantitative estimate of drug-likeness (QED) is 0.189. The molecule has 80 valence electrons. The van der Waals surface area contributed by atoms with Crippen molar-refractivity contribution in [3.63, 3.8) is 0 Å². The molecular weight excluding hydrogens is 192 g/mol. The van der Waals surface area contributed by atoms with Crippen molar-refractivity contribution in [3.05, 3.63) is 12.2 Å². The van der Waals surface area contributed by atoms with Crippen LogP contribution in [0.15, 0.2) is 11.5 Å². The van der Waals surface area contributed by atoms with Crippen LogP contribution in [0, 0.1) is 12.3 Å². The highest BCUT2D eigenvalue weighted by molar-refractivity contribution is 5.71. The Bertz CT molecular complexity index is 375. The first-order valence-corrected chi connectivity index (χ1v) is 4.82. The monoisotopic (exact) mass is 207 g/mol. The first-order valence-electron chi connectivity index (χ1n) is 4.82. The summed E-state index contributed by atoms with van der Waals surface area (Å²) in [4.78, 5) is 0. The van der Waals surface area contributed by atoms with Gasteiger partial charge in [-0.15, -0.1) is 17.0 Å². The molecule has 0 amide bonds. The predicted octanol–water partition coefficient (Wildman–Crippen LogP) is 0.319. The zero-order chi connectivity index (χ0) is 11.1. The van der Waals surface area contributed by atoms with Gasteiger partial charge in [-0.05, 0) is 12.8 Å². The Morgan fingerprint density at radius 2 is 2.53 bits per heavy atom. The third kappa shape index (κ3) is 3.43. The first kappa shape index (κ1) is 11.2. The highest BCUT2D eigenvalue weighted by Gasteiger charge is 2.10.